The van der Waals surface area contributed by atoms with Crippen molar-refractivity contribution < 1.29 is 9.53 Å². The zero-order valence-corrected chi connectivity index (χ0v) is 13.3. The van der Waals surface area contributed by atoms with Crippen molar-refractivity contribution in [2.24, 2.45) is 0 Å². The monoisotopic (exact) mass is 298 g/mol. The van der Waals surface area contributed by atoms with Gasteiger partial charge in [-0.25, -0.2) is 4.98 Å². The van der Waals surface area contributed by atoms with Crippen LogP contribution in [-0.2, 0) is 11.2 Å². The lowest BCUT2D eigenvalue weighted by Gasteiger charge is -2.12. The molecule has 0 fully saturated rings. The quantitative estimate of drug-likeness (QED) is 0.891. The van der Waals surface area contributed by atoms with Crippen LogP contribution in [0.2, 0.25) is 0 Å². The Bertz CT molecular complexity index is 606. The first-order valence-corrected chi connectivity index (χ1v) is 7.53. The van der Waals surface area contributed by atoms with Gasteiger partial charge in [0.25, 0.3) is 0 Å². The molecule has 0 bridgehead atoms. The highest BCUT2D eigenvalue weighted by atomic mass is 16.5. The van der Waals surface area contributed by atoms with Gasteiger partial charge in [-0.2, -0.15) is 0 Å². The summed E-state index contributed by atoms with van der Waals surface area (Å²) >= 11 is 0. The summed E-state index contributed by atoms with van der Waals surface area (Å²) in [4.78, 5) is 15.3. The number of carbonyl (C=O) groups is 1. The Morgan fingerprint density at radius 2 is 1.86 bits per heavy atom. The number of nitrogens with one attached hydrogen (secondary N) is 1. The summed E-state index contributed by atoms with van der Waals surface area (Å²) in [7, 11) is 0. The fourth-order valence-corrected chi connectivity index (χ4v) is 2.37. The molecule has 1 heterocycles. The molecule has 0 radical (unpaired) electrons. The van der Waals surface area contributed by atoms with Crippen molar-refractivity contribution in [2.45, 2.75) is 33.2 Å². The SMILES string of the molecule is CCOc1ccc(-c2ccc(CC(C)NC(C)=O)cc2)cn1. The van der Waals surface area contributed by atoms with Gasteiger partial charge >= 0.3 is 0 Å². The standard InChI is InChI=1S/C18H22N2O2/c1-4-22-18-10-9-17(12-19-18)16-7-5-15(6-8-16)11-13(2)20-14(3)21/h5-10,12-13H,4,11H2,1-3H3,(H,20,21). The maximum absolute atomic E-state index is 11.0. The Kier molecular flexibility index (Phi) is 5.53. The molecule has 116 valence electrons. The van der Waals surface area contributed by atoms with E-state index in [1.165, 1.54) is 5.56 Å². The molecule has 22 heavy (non-hydrogen) atoms. The number of carbonyl (C=O) groups excluding carboxylic acids is 1. The van der Waals surface area contributed by atoms with Crippen LogP contribution in [0, 0.1) is 0 Å². The van der Waals surface area contributed by atoms with Gasteiger partial charge in [-0.15, -0.1) is 0 Å². The molecule has 4 heteroatoms. The Hall–Kier alpha value is -2.36. The molecule has 1 aromatic carbocycles. The number of hydrogen-bond donors (Lipinski definition) is 1. The van der Waals surface area contributed by atoms with E-state index in [1.807, 2.05) is 32.2 Å². The van der Waals surface area contributed by atoms with E-state index in [-0.39, 0.29) is 11.9 Å². The van der Waals surface area contributed by atoms with Crippen molar-refractivity contribution in [3.8, 4) is 17.0 Å². The molecule has 0 aliphatic heterocycles. The largest absolute Gasteiger partial charge is 0.478 e. The van der Waals surface area contributed by atoms with Crippen LogP contribution in [-0.4, -0.2) is 23.5 Å². The molecule has 1 N–H and O–H groups in total. The second-order valence-electron chi connectivity index (χ2n) is 5.32. The van der Waals surface area contributed by atoms with Crippen LogP contribution < -0.4 is 10.1 Å². The summed E-state index contributed by atoms with van der Waals surface area (Å²) < 4.78 is 5.35. The van der Waals surface area contributed by atoms with E-state index in [0.29, 0.717) is 12.5 Å². The lowest BCUT2D eigenvalue weighted by atomic mass is 10.0. The smallest absolute Gasteiger partial charge is 0.217 e. The molecule has 1 aromatic heterocycles. The van der Waals surface area contributed by atoms with E-state index in [9.17, 15) is 4.79 Å². The summed E-state index contributed by atoms with van der Waals surface area (Å²) in [6.45, 7) is 6.11. The average molecular weight is 298 g/mol. The minimum absolute atomic E-state index is 0.00424. The normalized spacial score (nSPS) is 11.8. The van der Waals surface area contributed by atoms with Gasteiger partial charge in [-0.3, -0.25) is 4.79 Å². The van der Waals surface area contributed by atoms with Crippen LogP contribution in [0.1, 0.15) is 26.3 Å². The number of pyridine rings is 1. The van der Waals surface area contributed by atoms with E-state index >= 15 is 0 Å². The second-order valence-corrected chi connectivity index (χ2v) is 5.32. The number of nitrogens with zero attached hydrogens (tertiary/aromatic N) is 1. The lowest BCUT2D eigenvalue weighted by Crippen LogP contribution is -2.31. The number of aromatic nitrogens is 1. The maximum atomic E-state index is 11.0. The van der Waals surface area contributed by atoms with Crippen LogP contribution in [0.25, 0.3) is 11.1 Å². The molecule has 0 aliphatic rings. The predicted octanol–water partition coefficient (Wildman–Crippen LogP) is 3.21. The lowest BCUT2D eigenvalue weighted by molar-refractivity contribution is -0.119. The highest BCUT2D eigenvalue weighted by Gasteiger charge is 2.05. The van der Waals surface area contributed by atoms with Crippen LogP contribution >= 0.6 is 0 Å². The molecule has 0 aliphatic carbocycles. The summed E-state index contributed by atoms with van der Waals surface area (Å²) in [5.74, 6) is 0.650. The Morgan fingerprint density at radius 3 is 2.41 bits per heavy atom. The van der Waals surface area contributed by atoms with Crippen molar-refractivity contribution in [3.63, 3.8) is 0 Å². The van der Waals surface area contributed by atoms with Crippen molar-refractivity contribution in [1.29, 1.82) is 0 Å². The van der Waals surface area contributed by atoms with Crippen molar-refractivity contribution in [2.75, 3.05) is 6.61 Å². The van der Waals surface area contributed by atoms with Crippen molar-refractivity contribution >= 4 is 5.91 Å². The Labute approximate surface area is 131 Å². The van der Waals surface area contributed by atoms with Gasteiger partial charge in [-0.05, 0) is 37.5 Å². The van der Waals surface area contributed by atoms with Crippen LogP contribution in [0.5, 0.6) is 5.88 Å². The third kappa shape index (κ3) is 4.58. The average Bonchev–Trinajstić information content (AvgIpc) is 2.48. The Balaban J connectivity index is 2.03. The van der Waals surface area contributed by atoms with Crippen LogP contribution in [0.15, 0.2) is 42.6 Å². The highest BCUT2D eigenvalue weighted by molar-refractivity contribution is 5.73. The van der Waals surface area contributed by atoms with Gasteiger partial charge in [0, 0.05) is 30.8 Å². The molecular weight excluding hydrogens is 276 g/mol. The molecule has 2 aromatic rings. The maximum Gasteiger partial charge on any atom is 0.217 e. The number of hydrogen-bond acceptors (Lipinski definition) is 3. The third-order valence-corrected chi connectivity index (χ3v) is 3.31. The van der Waals surface area contributed by atoms with Gasteiger partial charge in [-0.1, -0.05) is 24.3 Å². The van der Waals surface area contributed by atoms with Crippen molar-refractivity contribution in [1.82, 2.24) is 10.3 Å². The van der Waals surface area contributed by atoms with Gasteiger partial charge < -0.3 is 10.1 Å². The fourth-order valence-electron chi connectivity index (χ4n) is 2.37. The predicted molar refractivity (Wildman–Crippen MR) is 87.8 cm³/mol. The fraction of sp³-hybridized carbons (Fsp3) is 0.333. The van der Waals surface area contributed by atoms with Crippen molar-refractivity contribution in [3.05, 3.63) is 48.2 Å². The zero-order chi connectivity index (χ0) is 15.9. The molecule has 2 rings (SSSR count). The number of rotatable bonds is 6. The van der Waals surface area contributed by atoms with Crippen LogP contribution in [0.3, 0.4) is 0 Å². The molecule has 0 spiro atoms. The second kappa shape index (κ2) is 7.59. The Morgan fingerprint density at radius 1 is 1.18 bits per heavy atom. The minimum atomic E-state index is 0.00424. The number of benzene rings is 1. The molecule has 1 unspecified atom stereocenters. The van der Waals surface area contributed by atoms with Gasteiger partial charge in [0.2, 0.25) is 11.8 Å². The summed E-state index contributed by atoms with van der Waals surface area (Å²) in [6.07, 6.45) is 2.64. The van der Waals surface area contributed by atoms with E-state index in [2.05, 4.69) is 34.6 Å². The van der Waals surface area contributed by atoms with E-state index in [4.69, 9.17) is 4.74 Å². The summed E-state index contributed by atoms with van der Waals surface area (Å²) in [5.41, 5.74) is 3.38. The van der Waals surface area contributed by atoms with Gasteiger partial charge in [0.1, 0.15) is 0 Å². The number of ether oxygens (including phenoxy) is 1. The topological polar surface area (TPSA) is 51.2 Å². The minimum Gasteiger partial charge on any atom is -0.478 e. The number of amides is 1. The third-order valence-electron chi connectivity index (χ3n) is 3.31. The van der Waals surface area contributed by atoms with Gasteiger partial charge in [0.05, 0.1) is 6.61 Å². The van der Waals surface area contributed by atoms with E-state index < -0.39 is 0 Å². The van der Waals surface area contributed by atoms with E-state index in [0.717, 1.165) is 17.5 Å². The zero-order valence-electron chi connectivity index (χ0n) is 13.3. The first kappa shape index (κ1) is 16.0. The van der Waals surface area contributed by atoms with Crippen LogP contribution in [0.4, 0.5) is 0 Å². The molecule has 1 atom stereocenters. The first-order valence-electron chi connectivity index (χ1n) is 7.53. The molecule has 0 saturated carbocycles. The highest BCUT2D eigenvalue weighted by Crippen LogP contribution is 2.21. The molecule has 4 nitrogen and oxygen atoms in total. The molecule has 1 amide bonds. The first-order chi connectivity index (χ1) is 10.6. The van der Waals surface area contributed by atoms with Gasteiger partial charge in [0.15, 0.2) is 0 Å². The summed E-state index contributed by atoms with van der Waals surface area (Å²) in [5, 5.41) is 2.89. The summed E-state index contributed by atoms with van der Waals surface area (Å²) in [6, 6.07) is 12.4. The molecular formula is C18H22N2O2. The molecule has 0 saturated heterocycles. The van der Waals surface area contributed by atoms with E-state index in [1.54, 1.807) is 6.92 Å².